The number of nitrogens with zero attached hydrogens (tertiary/aromatic N) is 1. The monoisotopic (exact) mass is 262 g/mol. The molecule has 2 unspecified atom stereocenters. The molecule has 1 aromatic rings. The first-order chi connectivity index (χ1) is 9.08. The van der Waals surface area contributed by atoms with Crippen LogP contribution in [0.25, 0.3) is 0 Å². The number of carboxylic acids is 1. The van der Waals surface area contributed by atoms with Crippen LogP contribution in [0.1, 0.15) is 13.3 Å². The van der Waals surface area contributed by atoms with Crippen molar-refractivity contribution in [3.05, 3.63) is 30.3 Å². The zero-order valence-corrected chi connectivity index (χ0v) is 10.9. The highest BCUT2D eigenvalue weighted by Crippen LogP contribution is 2.23. The van der Waals surface area contributed by atoms with Gasteiger partial charge in [0.1, 0.15) is 6.04 Å². The van der Waals surface area contributed by atoms with E-state index in [-0.39, 0.29) is 18.4 Å². The maximum absolute atomic E-state index is 11.9. The molecule has 5 nitrogen and oxygen atoms in total. The van der Waals surface area contributed by atoms with Gasteiger partial charge in [0.2, 0.25) is 5.91 Å². The molecule has 2 N–H and O–H groups in total. The molecule has 5 heteroatoms. The van der Waals surface area contributed by atoms with Crippen LogP contribution in [0.15, 0.2) is 30.3 Å². The van der Waals surface area contributed by atoms with E-state index in [2.05, 4.69) is 5.32 Å². The van der Waals surface area contributed by atoms with Gasteiger partial charge in [0.25, 0.3) is 0 Å². The van der Waals surface area contributed by atoms with Gasteiger partial charge in [-0.1, -0.05) is 25.1 Å². The van der Waals surface area contributed by atoms with Crippen LogP contribution in [0.3, 0.4) is 0 Å². The third-order valence-corrected chi connectivity index (χ3v) is 3.46. The summed E-state index contributed by atoms with van der Waals surface area (Å²) in [5, 5.41) is 12.0. The lowest BCUT2D eigenvalue weighted by molar-refractivity contribution is -0.143. The highest BCUT2D eigenvalue weighted by molar-refractivity contribution is 5.92. The van der Waals surface area contributed by atoms with E-state index in [1.165, 1.54) is 0 Å². The Balaban J connectivity index is 1.94. The van der Waals surface area contributed by atoms with E-state index in [1.807, 2.05) is 25.1 Å². The molecule has 0 spiro atoms. The van der Waals surface area contributed by atoms with Crippen molar-refractivity contribution in [3.63, 3.8) is 0 Å². The predicted molar refractivity (Wildman–Crippen MR) is 71.8 cm³/mol. The zero-order valence-electron chi connectivity index (χ0n) is 10.9. The van der Waals surface area contributed by atoms with Gasteiger partial charge in [-0.2, -0.15) is 0 Å². The summed E-state index contributed by atoms with van der Waals surface area (Å²) in [6.45, 7) is 2.68. The Labute approximate surface area is 112 Å². The standard InChI is InChI=1S/C14H18N2O3/c1-10-7-8-16(13(10)14(18)19)9-12(17)15-11-5-3-2-4-6-11/h2-6,10,13H,7-9H2,1H3,(H,15,17)(H,18,19). The van der Waals surface area contributed by atoms with Crippen LogP contribution in [0, 0.1) is 5.92 Å². The molecule has 0 aliphatic carbocycles. The summed E-state index contributed by atoms with van der Waals surface area (Å²) in [5.74, 6) is -0.939. The first-order valence-corrected chi connectivity index (χ1v) is 6.39. The van der Waals surface area contributed by atoms with Crippen molar-refractivity contribution in [1.29, 1.82) is 0 Å². The highest BCUT2D eigenvalue weighted by Gasteiger charge is 2.37. The molecular weight excluding hydrogens is 244 g/mol. The SMILES string of the molecule is CC1CCN(CC(=O)Nc2ccccc2)C1C(=O)O. The Bertz CT molecular complexity index is 461. The minimum atomic E-state index is -0.850. The van der Waals surface area contributed by atoms with Gasteiger partial charge in [-0.15, -0.1) is 0 Å². The summed E-state index contributed by atoms with van der Waals surface area (Å²) in [6, 6.07) is 8.61. The molecule has 1 saturated heterocycles. The number of para-hydroxylation sites is 1. The second kappa shape index (κ2) is 5.84. The molecule has 1 aliphatic heterocycles. The number of carbonyl (C=O) groups excluding carboxylic acids is 1. The zero-order chi connectivity index (χ0) is 13.8. The minimum Gasteiger partial charge on any atom is -0.480 e. The molecule has 19 heavy (non-hydrogen) atoms. The minimum absolute atomic E-state index is 0.0852. The van der Waals surface area contributed by atoms with Crippen molar-refractivity contribution in [3.8, 4) is 0 Å². The maximum atomic E-state index is 11.9. The Morgan fingerprint density at radius 1 is 1.37 bits per heavy atom. The van der Waals surface area contributed by atoms with Gasteiger partial charge in [0.05, 0.1) is 6.54 Å². The van der Waals surface area contributed by atoms with Gasteiger partial charge >= 0.3 is 5.97 Å². The number of rotatable bonds is 4. The first-order valence-electron chi connectivity index (χ1n) is 6.39. The Morgan fingerprint density at radius 3 is 2.68 bits per heavy atom. The second-order valence-corrected chi connectivity index (χ2v) is 4.93. The lowest BCUT2D eigenvalue weighted by Crippen LogP contribution is -2.43. The molecule has 2 rings (SSSR count). The molecule has 1 heterocycles. The smallest absolute Gasteiger partial charge is 0.321 e. The number of hydrogen-bond acceptors (Lipinski definition) is 3. The van der Waals surface area contributed by atoms with Gasteiger partial charge in [0, 0.05) is 5.69 Å². The predicted octanol–water partition coefficient (Wildman–Crippen LogP) is 1.42. The van der Waals surface area contributed by atoms with Crippen LogP contribution in [0.4, 0.5) is 5.69 Å². The molecule has 1 fully saturated rings. The number of carboxylic acid groups (broad SMARTS) is 1. The Hall–Kier alpha value is -1.88. The quantitative estimate of drug-likeness (QED) is 0.861. The molecule has 1 amide bonds. The average molecular weight is 262 g/mol. The summed E-state index contributed by atoms with van der Waals surface area (Å²) in [7, 11) is 0. The van der Waals surface area contributed by atoms with Crippen LogP contribution < -0.4 is 5.32 Å². The van der Waals surface area contributed by atoms with Crippen LogP contribution in [-0.4, -0.2) is 41.0 Å². The summed E-state index contributed by atoms with van der Waals surface area (Å²) in [4.78, 5) is 24.8. The van der Waals surface area contributed by atoms with E-state index in [0.717, 1.165) is 12.1 Å². The molecule has 0 saturated carbocycles. The largest absolute Gasteiger partial charge is 0.480 e. The lowest BCUT2D eigenvalue weighted by Gasteiger charge is -2.22. The van der Waals surface area contributed by atoms with E-state index >= 15 is 0 Å². The van der Waals surface area contributed by atoms with Gasteiger partial charge in [-0.25, -0.2) is 0 Å². The summed E-state index contributed by atoms with van der Waals surface area (Å²) >= 11 is 0. The van der Waals surface area contributed by atoms with Crippen LogP contribution in [0.2, 0.25) is 0 Å². The maximum Gasteiger partial charge on any atom is 0.321 e. The van der Waals surface area contributed by atoms with E-state index in [0.29, 0.717) is 6.54 Å². The molecule has 2 atom stereocenters. The average Bonchev–Trinajstić information content (AvgIpc) is 2.71. The molecule has 1 aliphatic rings. The number of hydrogen-bond donors (Lipinski definition) is 2. The summed E-state index contributed by atoms with van der Waals surface area (Å²) < 4.78 is 0. The van der Waals surface area contributed by atoms with E-state index < -0.39 is 12.0 Å². The fourth-order valence-electron chi connectivity index (χ4n) is 2.51. The molecule has 0 aromatic heterocycles. The number of anilines is 1. The van der Waals surface area contributed by atoms with Crippen molar-refractivity contribution < 1.29 is 14.7 Å². The third kappa shape index (κ3) is 3.32. The Morgan fingerprint density at radius 2 is 2.05 bits per heavy atom. The van der Waals surface area contributed by atoms with Crippen LogP contribution in [-0.2, 0) is 9.59 Å². The fourth-order valence-corrected chi connectivity index (χ4v) is 2.51. The van der Waals surface area contributed by atoms with Gasteiger partial charge in [-0.05, 0) is 31.0 Å². The van der Waals surface area contributed by atoms with Crippen molar-refractivity contribution in [2.24, 2.45) is 5.92 Å². The number of amides is 1. The summed E-state index contributed by atoms with van der Waals surface area (Å²) in [6.07, 6.45) is 0.815. The van der Waals surface area contributed by atoms with E-state index in [1.54, 1.807) is 17.0 Å². The molecule has 0 bridgehead atoms. The van der Waals surface area contributed by atoms with Crippen LogP contribution >= 0.6 is 0 Å². The van der Waals surface area contributed by atoms with Crippen molar-refractivity contribution >= 4 is 17.6 Å². The van der Waals surface area contributed by atoms with Crippen molar-refractivity contribution in [2.75, 3.05) is 18.4 Å². The van der Waals surface area contributed by atoms with E-state index in [4.69, 9.17) is 0 Å². The van der Waals surface area contributed by atoms with Crippen molar-refractivity contribution in [1.82, 2.24) is 4.90 Å². The first kappa shape index (κ1) is 13.5. The number of likely N-dealkylation sites (tertiary alicyclic amines) is 1. The fraction of sp³-hybridized carbons (Fsp3) is 0.429. The molecule has 102 valence electrons. The lowest BCUT2D eigenvalue weighted by atomic mass is 10.0. The van der Waals surface area contributed by atoms with Crippen molar-refractivity contribution in [2.45, 2.75) is 19.4 Å². The normalized spacial score (nSPS) is 23.2. The van der Waals surface area contributed by atoms with E-state index in [9.17, 15) is 14.7 Å². The van der Waals surface area contributed by atoms with Crippen LogP contribution in [0.5, 0.6) is 0 Å². The second-order valence-electron chi connectivity index (χ2n) is 4.93. The molecule has 1 aromatic carbocycles. The van der Waals surface area contributed by atoms with Gasteiger partial charge in [-0.3, -0.25) is 14.5 Å². The highest BCUT2D eigenvalue weighted by atomic mass is 16.4. The number of aliphatic carboxylic acids is 1. The molecule has 0 radical (unpaired) electrons. The number of nitrogens with one attached hydrogen (secondary N) is 1. The molecular formula is C14H18N2O3. The number of benzene rings is 1. The summed E-state index contributed by atoms with van der Waals surface area (Å²) in [5.41, 5.74) is 0.728. The number of carbonyl (C=O) groups is 2. The topological polar surface area (TPSA) is 69.6 Å². The Kier molecular flexibility index (Phi) is 4.16. The van der Waals surface area contributed by atoms with Gasteiger partial charge in [0.15, 0.2) is 0 Å². The third-order valence-electron chi connectivity index (χ3n) is 3.46. The van der Waals surface area contributed by atoms with Gasteiger partial charge < -0.3 is 10.4 Å².